The highest BCUT2D eigenvalue weighted by atomic mass is 79.9. The first kappa shape index (κ1) is 14.9. The van der Waals surface area contributed by atoms with Gasteiger partial charge in [0, 0.05) is 16.9 Å². The Morgan fingerprint density at radius 2 is 2.11 bits per heavy atom. The van der Waals surface area contributed by atoms with Gasteiger partial charge in [-0.15, -0.1) is 0 Å². The lowest BCUT2D eigenvalue weighted by Crippen LogP contribution is -2.34. The topological polar surface area (TPSA) is 35.2 Å². The zero-order valence-electron chi connectivity index (χ0n) is 12.1. The fourth-order valence-electron chi connectivity index (χ4n) is 2.48. The summed E-state index contributed by atoms with van der Waals surface area (Å²) in [5, 5.41) is 0. The molecule has 2 rings (SSSR count). The maximum atomic E-state index is 6.22. The van der Waals surface area contributed by atoms with E-state index in [2.05, 4.69) is 48.8 Å². The Labute approximate surface area is 124 Å². The smallest absolute Gasteiger partial charge is 0.125 e. The van der Waals surface area contributed by atoms with Gasteiger partial charge in [-0.1, -0.05) is 36.7 Å². The number of hydrogen-bond donors (Lipinski definition) is 1. The molecule has 3 heteroatoms. The van der Waals surface area contributed by atoms with Gasteiger partial charge in [-0.3, -0.25) is 0 Å². The number of fused-ring (bicyclic) bond motifs is 1. The molecule has 0 amide bonds. The Bertz CT molecular complexity index is 451. The molecule has 0 saturated carbocycles. The van der Waals surface area contributed by atoms with Crippen LogP contribution in [0.3, 0.4) is 0 Å². The van der Waals surface area contributed by atoms with Crippen LogP contribution in [-0.4, -0.2) is 12.6 Å². The van der Waals surface area contributed by atoms with E-state index < -0.39 is 0 Å². The summed E-state index contributed by atoms with van der Waals surface area (Å²) >= 11 is 3.59. The third-order valence-corrected chi connectivity index (χ3v) is 4.36. The third kappa shape index (κ3) is 3.73. The van der Waals surface area contributed by atoms with Crippen molar-refractivity contribution in [3.63, 3.8) is 0 Å². The highest BCUT2D eigenvalue weighted by molar-refractivity contribution is 9.10. The summed E-state index contributed by atoms with van der Waals surface area (Å²) in [6, 6.07) is 4.62. The van der Waals surface area contributed by atoms with Crippen molar-refractivity contribution in [2.24, 2.45) is 11.1 Å². The van der Waals surface area contributed by atoms with Crippen molar-refractivity contribution in [2.45, 2.75) is 52.5 Å². The molecular weight excluding hydrogens is 302 g/mol. The van der Waals surface area contributed by atoms with Crippen molar-refractivity contribution >= 4 is 15.9 Å². The van der Waals surface area contributed by atoms with Crippen molar-refractivity contribution in [2.75, 3.05) is 6.61 Å². The number of nitrogens with two attached hydrogens (primary N) is 1. The Hall–Kier alpha value is -0.540. The van der Waals surface area contributed by atoms with Gasteiger partial charge in [-0.2, -0.15) is 0 Å². The quantitative estimate of drug-likeness (QED) is 0.905. The van der Waals surface area contributed by atoms with E-state index in [1.807, 2.05) is 0 Å². The molecule has 106 valence electrons. The van der Waals surface area contributed by atoms with Crippen LogP contribution >= 0.6 is 15.9 Å². The molecule has 0 spiro atoms. The molecule has 1 heterocycles. The molecule has 0 saturated heterocycles. The lowest BCUT2D eigenvalue weighted by Gasteiger charge is -2.27. The number of aryl methyl sites for hydroxylation is 1. The van der Waals surface area contributed by atoms with E-state index in [-0.39, 0.29) is 11.5 Å². The number of benzene rings is 1. The molecule has 0 aromatic heterocycles. The van der Waals surface area contributed by atoms with Crippen molar-refractivity contribution in [3.8, 4) is 5.75 Å². The first-order chi connectivity index (χ1) is 8.88. The summed E-state index contributed by atoms with van der Waals surface area (Å²) in [5.74, 6) is 1.12. The molecule has 0 bridgehead atoms. The van der Waals surface area contributed by atoms with Crippen LogP contribution in [0.5, 0.6) is 5.75 Å². The van der Waals surface area contributed by atoms with Crippen molar-refractivity contribution in [1.82, 2.24) is 0 Å². The third-order valence-electron chi connectivity index (χ3n) is 3.90. The van der Waals surface area contributed by atoms with Crippen molar-refractivity contribution < 1.29 is 4.74 Å². The second kappa shape index (κ2) is 5.84. The van der Waals surface area contributed by atoms with Gasteiger partial charge < -0.3 is 10.5 Å². The Balaban J connectivity index is 1.97. The molecular formula is C16H24BrNO. The first-order valence-corrected chi connectivity index (χ1v) is 7.87. The van der Waals surface area contributed by atoms with Crippen LogP contribution in [0.2, 0.25) is 0 Å². The van der Waals surface area contributed by atoms with Crippen LogP contribution in [0.4, 0.5) is 0 Å². The number of ether oxygens (including phenoxy) is 1. The van der Waals surface area contributed by atoms with Gasteiger partial charge >= 0.3 is 0 Å². The molecule has 1 aromatic carbocycles. The average Bonchev–Trinajstić information content (AvgIpc) is 2.75. The van der Waals surface area contributed by atoms with Crippen molar-refractivity contribution in [1.29, 1.82) is 0 Å². The van der Waals surface area contributed by atoms with Gasteiger partial charge in [0.2, 0.25) is 0 Å². The van der Waals surface area contributed by atoms with Crippen LogP contribution in [0.1, 0.15) is 44.7 Å². The highest BCUT2D eigenvalue weighted by Crippen LogP contribution is 2.34. The zero-order chi connectivity index (χ0) is 14.0. The summed E-state index contributed by atoms with van der Waals surface area (Å²) < 4.78 is 6.92. The molecule has 1 aliphatic rings. The molecule has 2 nitrogen and oxygen atoms in total. The molecule has 1 unspecified atom stereocenters. The molecule has 0 aliphatic carbocycles. The van der Waals surface area contributed by atoms with Gasteiger partial charge in [0.1, 0.15) is 5.75 Å². The minimum Gasteiger partial charge on any atom is -0.493 e. The molecule has 19 heavy (non-hydrogen) atoms. The van der Waals surface area contributed by atoms with E-state index in [9.17, 15) is 0 Å². The van der Waals surface area contributed by atoms with Gasteiger partial charge in [-0.25, -0.2) is 0 Å². The minimum atomic E-state index is 0.190. The maximum Gasteiger partial charge on any atom is 0.125 e. The van der Waals surface area contributed by atoms with E-state index in [0.29, 0.717) is 0 Å². The monoisotopic (exact) mass is 325 g/mol. The van der Waals surface area contributed by atoms with Crippen molar-refractivity contribution in [3.05, 3.63) is 27.7 Å². The lowest BCUT2D eigenvalue weighted by atomic mass is 9.84. The summed E-state index contributed by atoms with van der Waals surface area (Å²) in [7, 11) is 0. The van der Waals surface area contributed by atoms with E-state index in [1.54, 1.807) is 0 Å². The Morgan fingerprint density at radius 1 is 1.37 bits per heavy atom. The van der Waals surface area contributed by atoms with Gasteiger partial charge in [0.15, 0.2) is 0 Å². The second-order valence-electron chi connectivity index (χ2n) is 6.52. The summed E-state index contributed by atoms with van der Waals surface area (Å²) in [6.45, 7) is 7.44. The summed E-state index contributed by atoms with van der Waals surface area (Å²) in [5.41, 5.74) is 9.07. The van der Waals surface area contributed by atoms with Gasteiger partial charge in [-0.05, 0) is 47.9 Å². The Morgan fingerprint density at radius 3 is 2.79 bits per heavy atom. The van der Waals surface area contributed by atoms with Gasteiger partial charge in [0.05, 0.1) is 6.61 Å². The zero-order valence-corrected chi connectivity index (χ0v) is 13.7. The molecule has 2 N–H and O–H groups in total. The standard InChI is InChI=1S/C16H24BrNO/c1-16(2,3)14(18)6-4-5-11-9-13(17)10-12-7-8-19-15(11)12/h9-10,14H,4-8,18H2,1-3H3. The van der Waals surface area contributed by atoms with Crippen LogP contribution in [0.15, 0.2) is 16.6 Å². The average molecular weight is 326 g/mol. The molecule has 1 aliphatic heterocycles. The van der Waals surface area contributed by atoms with E-state index in [1.165, 1.54) is 11.1 Å². The van der Waals surface area contributed by atoms with E-state index in [4.69, 9.17) is 10.5 Å². The normalized spacial score (nSPS) is 16.1. The summed E-state index contributed by atoms with van der Waals surface area (Å²) in [4.78, 5) is 0. The number of halogens is 1. The lowest BCUT2D eigenvalue weighted by molar-refractivity contribution is 0.300. The first-order valence-electron chi connectivity index (χ1n) is 7.07. The predicted octanol–water partition coefficient (Wildman–Crippen LogP) is 4.08. The van der Waals surface area contributed by atoms with Crippen LogP contribution < -0.4 is 10.5 Å². The predicted molar refractivity (Wildman–Crippen MR) is 83.7 cm³/mol. The molecule has 0 radical (unpaired) electrons. The highest BCUT2D eigenvalue weighted by Gasteiger charge is 2.21. The Kier molecular flexibility index (Phi) is 4.57. The van der Waals surface area contributed by atoms with E-state index >= 15 is 0 Å². The molecule has 0 fully saturated rings. The fourth-order valence-corrected chi connectivity index (χ4v) is 3.03. The summed E-state index contributed by atoms with van der Waals surface area (Å²) in [6.07, 6.45) is 4.25. The van der Waals surface area contributed by atoms with Crippen LogP contribution in [0.25, 0.3) is 0 Å². The van der Waals surface area contributed by atoms with E-state index in [0.717, 1.165) is 42.5 Å². The second-order valence-corrected chi connectivity index (χ2v) is 7.43. The molecule has 1 aromatic rings. The fraction of sp³-hybridized carbons (Fsp3) is 0.625. The molecule has 1 atom stereocenters. The minimum absolute atomic E-state index is 0.190. The largest absolute Gasteiger partial charge is 0.493 e. The van der Waals surface area contributed by atoms with Gasteiger partial charge in [0.25, 0.3) is 0 Å². The van der Waals surface area contributed by atoms with Crippen LogP contribution in [-0.2, 0) is 12.8 Å². The number of rotatable bonds is 4. The maximum absolute atomic E-state index is 6.22. The van der Waals surface area contributed by atoms with Crippen LogP contribution in [0, 0.1) is 5.41 Å². The SMILES string of the molecule is CC(C)(C)C(N)CCCc1cc(Br)cc2c1OCC2. The number of hydrogen-bond acceptors (Lipinski definition) is 2.